The maximum atomic E-state index is 10.7. The monoisotopic (exact) mass is 143 g/mol. The molecule has 0 saturated carbocycles. The minimum atomic E-state index is -0.0699. The van der Waals surface area contributed by atoms with E-state index in [4.69, 9.17) is 4.74 Å². The van der Waals surface area contributed by atoms with Crippen molar-refractivity contribution in [1.29, 1.82) is 0 Å². The molecular formula is C7H13NO2. The van der Waals surface area contributed by atoms with Crippen LogP contribution in [0.5, 0.6) is 0 Å². The highest BCUT2D eigenvalue weighted by Gasteiger charge is 1.87. The summed E-state index contributed by atoms with van der Waals surface area (Å²) in [5.74, 6) is -0.0699. The number of likely N-dealkylation sites (N-methyl/N-ethyl adjacent to an activating group) is 1. The predicted octanol–water partition coefficient (Wildman–Crippen LogP) is 0.325. The second-order valence-electron chi connectivity index (χ2n) is 1.75. The van der Waals surface area contributed by atoms with E-state index in [1.807, 2.05) is 6.92 Å². The van der Waals surface area contributed by atoms with E-state index in [0.717, 1.165) is 0 Å². The van der Waals surface area contributed by atoms with E-state index in [-0.39, 0.29) is 5.91 Å². The van der Waals surface area contributed by atoms with Crippen LogP contribution in [-0.4, -0.2) is 26.2 Å². The number of rotatable bonds is 4. The van der Waals surface area contributed by atoms with Crippen LogP contribution in [0.2, 0.25) is 0 Å². The van der Waals surface area contributed by atoms with Gasteiger partial charge in [-0.1, -0.05) is 6.08 Å². The van der Waals surface area contributed by atoms with Crippen LogP contribution in [-0.2, 0) is 9.53 Å². The average molecular weight is 143 g/mol. The fraction of sp³-hybridized carbons (Fsp3) is 0.571. The van der Waals surface area contributed by atoms with Crippen LogP contribution in [0.15, 0.2) is 12.2 Å². The fourth-order valence-electron chi connectivity index (χ4n) is 0.485. The van der Waals surface area contributed by atoms with Crippen molar-refractivity contribution >= 4 is 5.91 Å². The summed E-state index contributed by atoms with van der Waals surface area (Å²) >= 11 is 0. The van der Waals surface area contributed by atoms with Crippen LogP contribution in [0, 0.1) is 0 Å². The first-order chi connectivity index (χ1) is 4.81. The van der Waals surface area contributed by atoms with E-state index in [1.54, 1.807) is 13.2 Å². The van der Waals surface area contributed by atoms with E-state index in [9.17, 15) is 4.79 Å². The van der Waals surface area contributed by atoms with Crippen molar-refractivity contribution in [3.8, 4) is 0 Å². The van der Waals surface area contributed by atoms with Crippen molar-refractivity contribution in [2.24, 2.45) is 0 Å². The molecule has 0 radical (unpaired) electrons. The van der Waals surface area contributed by atoms with Crippen molar-refractivity contribution in [3.63, 3.8) is 0 Å². The Morgan fingerprint density at radius 2 is 2.40 bits per heavy atom. The molecular weight excluding hydrogens is 130 g/mol. The molecule has 0 unspecified atom stereocenters. The minimum absolute atomic E-state index is 0.0699. The molecule has 0 fully saturated rings. The molecule has 58 valence electrons. The fourth-order valence-corrected chi connectivity index (χ4v) is 0.485. The molecule has 3 heteroatoms. The van der Waals surface area contributed by atoms with Gasteiger partial charge in [0, 0.05) is 19.7 Å². The molecule has 0 heterocycles. The summed E-state index contributed by atoms with van der Waals surface area (Å²) in [5, 5.41) is 2.62. The maximum Gasteiger partial charge on any atom is 0.243 e. The number of ether oxygens (including phenoxy) is 1. The van der Waals surface area contributed by atoms with Crippen LogP contribution >= 0.6 is 0 Å². The molecule has 0 aliphatic carbocycles. The van der Waals surface area contributed by atoms with Crippen molar-refractivity contribution < 1.29 is 9.53 Å². The van der Waals surface area contributed by atoms with Crippen molar-refractivity contribution in [1.82, 2.24) is 5.32 Å². The Labute approximate surface area is 61.1 Å². The van der Waals surface area contributed by atoms with Gasteiger partial charge in [-0.15, -0.1) is 0 Å². The molecule has 0 aliphatic heterocycles. The quantitative estimate of drug-likeness (QED) is 0.576. The first kappa shape index (κ1) is 9.17. The molecule has 0 rings (SSSR count). The third-order valence-corrected chi connectivity index (χ3v) is 0.883. The summed E-state index contributed by atoms with van der Waals surface area (Å²) in [5.41, 5.74) is 0. The second-order valence-corrected chi connectivity index (χ2v) is 1.75. The number of carbonyl (C=O) groups excluding carboxylic acids is 1. The maximum absolute atomic E-state index is 10.7. The number of amides is 1. The summed E-state index contributed by atoms with van der Waals surface area (Å²) in [6.07, 6.45) is 3.14. The Kier molecular flexibility index (Phi) is 5.77. The lowest BCUT2D eigenvalue weighted by Crippen LogP contribution is -2.19. The molecule has 0 aromatic carbocycles. The van der Waals surface area contributed by atoms with Gasteiger partial charge >= 0.3 is 0 Å². The van der Waals surface area contributed by atoms with Gasteiger partial charge in [-0.3, -0.25) is 4.79 Å². The molecule has 3 nitrogen and oxygen atoms in total. The third kappa shape index (κ3) is 5.31. The van der Waals surface area contributed by atoms with Gasteiger partial charge in [0.15, 0.2) is 0 Å². The van der Waals surface area contributed by atoms with Gasteiger partial charge in [0.25, 0.3) is 0 Å². The molecule has 0 bridgehead atoms. The lowest BCUT2D eigenvalue weighted by molar-refractivity contribution is -0.116. The number of hydrogen-bond acceptors (Lipinski definition) is 2. The van der Waals surface area contributed by atoms with Crippen molar-refractivity contribution in [2.45, 2.75) is 6.92 Å². The molecule has 0 atom stereocenters. The molecule has 0 aliphatic rings. The first-order valence-electron chi connectivity index (χ1n) is 3.24. The lowest BCUT2D eigenvalue weighted by atomic mass is 10.5. The molecule has 0 saturated heterocycles. The van der Waals surface area contributed by atoms with Crippen molar-refractivity contribution in [3.05, 3.63) is 12.2 Å². The van der Waals surface area contributed by atoms with Crippen LogP contribution in [0.3, 0.4) is 0 Å². The van der Waals surface area contributed by atoms with Gasteiger partial charge in [0.2, 0.25) is 5.91 Å². The standard InChI is InChI=1S/C7H13NO2/c1-3-8-7(9)5-4-6-10-2/h4-5H,3,6H2,1-2H3,(H,8,9)/b5-4+. The van der Waals surface area contributed by atoms with Gasteiger partial charge in [-0.2, -0.15) is 0 Å². The zero-order valence-electron chi connectivity index (χ0n) is 6.39. The van der Waals surface area contributed by atoms with E-state index >= 15 is 0 Å². The largest absolute Gasteiger partial charge is 0.381 e. The number of methoxy groups -OCH3 is 1. The molecule has 10 heavy (non-hydrogen) atoms. The van der Waals surface area contributed by atoms with Crippen LogP contribution in [0.4, 0.5) is 0 Å². The minimum Gasteiger partial charge on any atom is -0.381 e. The number of carbonyl (C=O) groups is 1. The van der Waals surface area contributed by atoms with Crippen molar-refractivity contribution in [2.75, 3.05) is 20.3 Å². The van der Waals surface area contributed by atoms with E-state index in [0.29, 0.717) is 13.2 Å². The SMILES string of the molecule is CCNC(=O)/C=C/COC. The Hall–Kier alpha value is -0.830. The molecule has 0 aromatic rings. The van der Waals surface area contributed by atoms with Crippen LogP contribution in [0.25, 0.3) is 0 Å². The topological polar surface area (TPSA) is 38.3 Å². The van der Waals surface area contributed by atoms with Gasteiger partial charge in [0.05, 0.1) is 6.61 Å². The summed E-state index contributed by atoms with van der Waals surface area (Å²) < 4.78 is 4.70. The van der Waals surface area contributed by atoms with Gasteiger partial charge in [-0.05, 0) is 6.92 Å². The first-order valence-corrected chi connectivity index (χ1v) is 3.24. The van der Waals surface area contributed by atoms with Crippen LogP contribution in [0.1, 0.15) is 6.92 Å². The molecule has 1 amide bonds. The lowest BCUT2D eigenvalue weighted by Gasteiger charge is -1.93. The molecule has 1 N–H and O–H groups in total. The zero-order chi connectivity index (χ0) is 7.82. The predicted molar refractivity (Wildman–Crippen MR) is 39.7 cm³/mol. The zero-order valence-corrected chi connectivity index (χ0v) is 6.39. The summed E-state index contributed by atoms with van der Waals surface area (Å²) in [4.78, 5) is 10.7. The van der Waals surface area contributed by atoms with Gasteiger partial charge in [-0.25, -0.2) is 0 Å². The number of hydrogen-bond donors (Lipinski definition) is 1. The van der Waals surface area contributed by atoms with Crippen LogP contribution < -0.4 is 5.32 Å². The smallest absolute Gasteiger partial charge is 0.243 e. The highest BCUT2D eigenvalue weighted by Crippen LogP contribution is 1.74. The Morgan fingerprint density at radius 1 is 1.70 bits per heavy atom. The van der Waals surface area contributed by atoms with Gasteiger partial charge in [0.1, 0.15) is 0 Å². The van der Waals surface area contributed by atoms with E-state index in [1.165, 1.54) is 6.08 Å². The summed E-state index contributed by atoms with van der Waals surface area (Å²) in [7, 11) is 1.59. The highest BCUT2D eigenvalue weighted by molar-refractivity contribution is 5.87. The summed E-state index contributed by atoms with van der Waals surface area (Å²) in [6.45, 7) is 3.02. The number of nitrogens with one attached hydrogen (secondary N) is 1. The van der Waals surface area contributed by atoms with E-state index in [2.05, 4.69) is 5.32 Å². The van der Waals surface area contributed by atoms with Gasteiger partial charge < -0.3 is 10.1 Å². The Balaban J connectivity index is 3.36. The normalized spacial score (nSPS) is 10.2. The second kappa shape index (κ2) is 6.29. The highest BCUT2D eigenvalue weighted by atomic mass is 16.5. The average Bonchev–Trinajstić information content (AvgIpc) is 1.89. The Morgan fingerprint density at radius 3 is 2.90 bits per heavy atom. The molecule has 0 spiro atoms. The Bertz CT molecular complexity index is 121. The van der Waals surface area contributed by atoms with E-state index < -0.39 is 0 Å². The third-order valence-electron chi connectivity index (χ3n) is 0.883. The molecule has 0 aromatic heterocycles. The summed E-state index contributed by atoms with van der Waals surface area (Å²) in [6, 6.07) is 0.